The highest BCUT2D eigenvalue weighted by atomic mass is 79.9. The smallest absolute Gasteiger partial charge is 0.153 e. The normalized spacial score (nSPS) is 15.0. The van der Waals surface area contributed by atoms with Crippen molar-refractivity contribution in [3.05, 3.63) is 40.3 Å². The molecule has 0 atom stereocenters. The first kappa shape index (κ1) is 13.8. The maximum absolute atomic E-state index is 4.53. The van der Waals surface area contributed by atoms with Gasteiger partial charge in [-0.3, -0.25) is 0 Å². The number of hydrogen-bond acceptors (Lipinski definition) is 3. The predicted molar refractivity (Wildman–Crippen MR) is 83.0 cm³/mol. The van der Waals surface area contributed by atoms with Gasteiger partial charge in [0, 0.05) is 28.8 Å². The molecule has 0 radical (unpaired) electrons. The van der Waals surface area contributed by atoms with Crippen molar-refractivity contribution in [2.75, 3.05) is 0 Å². The van der Waals surface area contributed by atoms with E-state index >= 15 is 0 Å². The largest absolute Gasteiger partial charge is 0.310 e. The van der Waals surface area contributed by atoms with Crippen LogP contribution in [0.2, 0.25) is 0 Å². The monoisotopic (exact) mass is 334 g/mol. The minimum absolute atomic E-state index is 0.416. The molecule has 0 saturated heterocycles. The Labute approximate surface area is 127 Å². The van der Waals surface area contributed by atoms with Crippen molar-refractivity contribution in [2.45, 2.75) is 45.2 Å². The van der Waals surface area contributed by atoms with Gasteiger partial charge in [0.05, 0.1) is 11.9 Å². The van der Waals surface area contributed by atoms with E-state index in [1.54, 1.807) is 0 Å². The summed E-state index contributed by atoms with van der Waals surface area (Å²) < 4.78 is 2.94. The quantitative estimate of drug-likeness (QED) is 0.911. The fourth-order valence-electron chi connectivity index (χ4n) is 2.36. The number of nitrogens with zero attached hydrogens (tertiary/aromatic N) is 3. The first-order valence-corrected chi connectivity index (χ1v) is 7.86. The second-order valence-corrected chi connectivity index (χ2v) is 6.53. The average molecular weight is 335 g/mol. The van der Waals surface area contributed by atoms with Crippen LogP contribution in [0, 0.1) is 0 Å². The molecule has 0 aromatic carbocycles. The standard InChI is InChI=1S/C15H19BrN4/c1-10(2)15-11(7-17-13-4-5-13)8-19-20(15)14-6-3-12(16)9-18-14/h3,6,8-10,13,17H,4-5,7H2,1-2H3. The van der Waals surface area contributed by atoms with Crippen LogP contribution < -0.4 is 5.32 Å². The Morgan fingerprint density at radius 1 is 1.35 bits per heavy atom. The lowest BCUT2D eigenvalue weighted by molar-refractivity contribution is 0.663. The van der Waals surface area contributed by atoms with Crippen LogP contribution in [0.4, 0.5) is 0 Å². The second-order valence-electron chi connectivity index (χ2n) is 5.61. The summed E-state index contributed by atoms with van der Waals surface area (Å²) in [7, 11) is 0. The lowest BCUT2D eigenvalue weighted by Gasteiger charge is -2.12. The van der Waals surface area contributed by atoms with Gasteiger partial charge < -0.3 is 5.32 Å². The molecule has 1 aliphatic rings. The molecular formula is C15H19BrN4. The van der Waals surface area contributed by atoms with Crippen molar-refractivity contribution in [3.8, 4) is 5.82 Å². The molecule has 2 aromatic rings. The van der Waals surface area contributed by atoms with E-state index in [1.165, 1.54) is 24.1 Å². The van der Waals surface area contributed by atoms with Crippen LogP contribution in [-0.4, -0.2) is 20.8 Å². The summed E-state index contributed by atoms with van der Waals surface area (Å²) >= 11 is 3.42. The number of nitrogens with one attached hydrogen (secondary N) is 1. The molecule has 3 rings (SSSR count). The van der Waals surface area contributed by atoms with E-state index in [0.29, 0.717) is 12.0 Å². The zero-order valence-electron chi connectivity index (χ0n) is 11.8. The Morgan fingerprint density at radius 3 is 2.75 bits per heavy atom. The summed E-state index contributed by atoms with van der Waals surface area (Å²) in [6.07, 6.45) is 6.39. The molecule has 20 heavy (non-hydrogen) atoms. The average Bonchev–Trinajstić information content (AvgIpc) is 3.15. The van der Waals surface area contributed by atoms with E-state index < -0.39 is 0 Å². The van der Waals surface area contributed by atoms with E-state index in [0.717, 1.165) is 16.8 Å². The van der Waals surface area contributed by atoms with Crippen molar-refractivity contribution in [1.29, 1.82) is 0 Å². The van der Waals surface area contributed by atoms with Crippen LogP contribution in [-0.2, 0) is 6.54 Å². The van der Waals surface area contributed by atoms with Gasteiger partial charge in [-0.05, 0) is 46.8 Å². The fraction of sp³-hybridized carbons (Fsp3) is 0.467. The van der Waals surface area contributed by atoms with Crippen LogP contribution in [0.3, 0.4) is 0 Å². The third kappa shape index (κ3) is 2.94. The van der Waals surface area contributed by atoms with Crippen LogP contribution in [0.1, 0.15) is 43.9 Å². The van der Waals surface area contributed by atoms with Gasteiger partial charge >= 0.3 is 0 Å². The minimum atomic E-state index is 0.416. The topological polar surface area (TPSA) is 42.7 Å². The summed E-state index contributed by atoms with van der Waals surface area (Å²) in [5, 5.41) is 8.10. The molecule has 1 saturated carbocycles. The van der Waals surface area contributed by atoms with Crippen molar-refractivity contribution >= 4 is 15.9 Å². The van der Waals surface area contributed by atoms with Gasteiger partial charge in [-0.25, -0.2) is 9.67 Å². The lowest BCUT2D eigenvalue weighted by Crippen LogP contribution is -2.17. The summed E-state index contributed by atoms with van der Waals surface area (Å²) in [6, 6.07) is 4.70. The molecule has 0 bridgehead atoms. The Kier molecular flexibility index (Phi) is 3.89. The minimum Gasteiger partial charge on any atom is -0.310 e. The van der Waals surface area contributed by atoms with Crippen LogP contribution in [0.25, 0.3) is 5.82 Å². The summed E-state index contributed by atoms with van der Waals surface area (Å²) in [5.41, 5.74) is 2.52. The van der Waals surface area contributed by atoms with Gasteiger partial charge in [0.15, 0.2) is 5.82 Å². The molecule has 2 aromatic heterocycles. The van der Waals surface area contributed by atoms with Gasteiger partial charge in [-0.2, -0.15) is 5.10 Å². The van der Waals surface area contributed by atoms with Gasteiger partial charge in [-0.15, -0.1) is 0 Å². The summed E-state index contributed by atoms with van der Waals surface area (Å²) in [6.45, 7) is 5.30. The molecule has 5 heteroatoms. The maximum Gasteiger partial charge on any atom is 0.153 e. The molecule has 2 heterocycles. The number of halogens is 1. The Hall–Kier alpha value is -1.20. The number of aromatic nitrogens is 3. The third-order valence-electron chi connectivity index (χ3n) is 3.52. The molecule has 4 nitrogen and oxygen atoms in total. The predicted octanol–water partition coefficient (Wildman–Crippen LogP) is 3.41. The molecule has 1 N–H and O–H groups in total. The molecule has 0 amide bonds. The molecule has 0 aliphatic heterocycles. The van der Waals surface area contributed by atoms with Gasteiger partial charge in [0.25, 0.3) is 0 Å². The van der Waals surface area contributed by atoms with Gasteiger partial charge in [0.2, 0.25) is 0 Å². The molecular weight excluding hydrogens is 316 g/mol. The Morgan fingerprint density at radius 2 is 2.15 bits per heavy atom. The van der Waals surface area contributed by atoms with Crippen molar-refractivity contribution in [3.63, 3.8) is 0 Å². The second kappa shape index (κ2) is 5.66. The van der Waals surface area contributed by atoms with Crippen molar-refractivity contribution in [2.24, 2.45) is 0 Å². The van der Waals surface area contributed by atoms with Crippen LogP contribution >= 0.6 is 15.9 Å². The molecule has 1 fully saturated rings. The van der Waals surface area contributed by atoms with E-state index in [2.05, 4.69) is 45.2 Å². The Bertz CT molecular complexity index is 584. The van der Waals surface area contributed by atoms with E-state index in [4.69, 9.17) is 0 Å². The highest BCUT2D eigenvalue weighted by molar-refractivity contribution is 9.10. The Balaban J connectivity index is 1.91. The lowest BCUT2D eigenvalue weighted by atomic mass is 10.1. The SMILES string of the molecule is CC(C)c1c(CNC2CC2)cnn1-c1ccc(Br)cn1. The first-order chi connectivity index (χ1) is 9.65. The summed E-state index contributed by atoms with van der Waals surface area (Å²) in [5.74, 6) is 1.29. The van der Waals surface area contributed by atoms with E-state index in [-0.39, 0.29) is 0 Å². The van der Waals surface area contributed by atoms with Crippen molar-refractivity contribution < 1.29 is 0 Å². The number of pyridine rings is 1. The van der Waals surface area contributed by atoms with E-state index in [1.807, 2.05) is 29.2 Å². The fourth-order valence-corrected chi connectivity index (χ4v) is 2.60. The highest BCUT2D eigenvalue weighted by Crippen LogP contribution is 2.24. The van der Waals surface area contributed by atoms with E-state index in [9.17, 15) is 0 Å². The zero-order chi connectivity index (χ0) is 14.1. The van der Waals surface area contributed by atoms with Crippen molar-refractivity contribution in [1.82, 2.24) is 20.1 Å². The highest BCUT2D eigenvalue weighted by Gasteiger charge is 2.22. The number of rotatable bonds is 5. The summed E-state index contributed by atoms with van der Waals surface area (Å²) in [4.78, 5) is 4.45. The van der Waals surface area contributed by atoms with Gasteiger partial charge in [-0.1, -0.05) is 13.8 Å². The molecule has 106 valence electrons. The molecule has 0 spiro atoms. The number of hydrogen-bond donors (Lipinski definition) is 1. The first-order valence-electron chi connectivity index (χ1n) is 7.07. The third-order valence-corrected chi connectivity index (χ3v) is 3.99. The van der Waals surface area contributed by atoms with Crippen LogP contribution in [0.5, 0.6) is 0 Å². The molecule has 1 aliphatic carbocycles. The van der Waals surface area contributed by atoms with Crippen LogP contribution in [0.15, 0.2) is 29.0 Å². The van der Waals surface area contributed by atoms with Gasteiger partial charge in [0.1, 0.15) is 0 Å². The maximum atomic E-state index is 4.53. The zero-order valence-corrected chi connectivity index (χ0v) is 13.4. The molecule has 0 unspecified atom stereocenters.